The molecule has 0 spiro atoms. The van der Waals surface area contributed by atoms with Crippen LogP contribution in [0, 0.1) is 0 Å². The van der Waals surface area contributed by atoms with E-state index >= 15 is 0 Å². The van der Waals surface area contributed by atoms with Gasteiger partial charge in [0.15, 0.2) is 4.80 Å². The van der Waals surface area contributed by atoms with Crippen LogP contribution in [0.15, 0.2) is 58.3 Å². The number of carbonyl (C=O) groups is 2. The van der Waals surface area contributed by atoms with Gasteiger partial charge in [0.25, 0.3) is 11.5 Å². The minimum Gasteiger partial charge on any atom is -0.462 e. The van der Waals surface area contributed by atoms with Gasteiger partial charge in [0.05, 0.1) is 23.4 Å². The molecule has 0 fully saturated rings. The number of thiazole rings is 1. The lowest BCUT2D eigenvalue weighted by molar-refractivity contribution is -0.112. The third-order valence-electron chi connectivity index (χ3n) is 5.58. The SMILES string of the molecule is CCOC(=O)c1ccc(N2CN=c3s/c(=C4\C(=O)N(C)c5ccccc54)c(=O)n3C2)cc1. The number of benzene rings is 2. The van der Waals surface area contributed by atoms with Crippen molar-refractivity contribution in [3.63, 3.8) is 0 Å². The van der Waals surface area contributed by atoms with E-state index in [0.717, 1.165) is 16.9 Å². The Labute approximate surface area is 187 Å². The van der Waals surface area contributed by atoms with E-state index in [1.807, 2.05) is 41.3 Å². The van der Waals surface area contributed by atoms with Gasteiger partial charge in [-0.05, 0) is 37.3 Å². The van der Waals surface area contributed by atoms with Crippen molar-refractivity contribution >= 4 is 40.2 Å². The summed E-state index contributed by atoms with van der Waals surface area (Å²) in [6.45, 7) is 2.77. The molecule has 9 heteroatoms. The molecule has 0 radical (unpaired) electrons. The minimum absolute atomic E-state index is 0.186. The third kappa shape index (κ3) is 3.13. The van der Waals surface area contributed by atoms with Crippen LogP contribution in [0.1, 0.15) is 22.8 Å². The highest BCUT2D eigenvalue weighted by atomic mass is 32.1. The molecular weight excluding hydrogens is 428 g/mol. The van der Waals surface area contributed by atoms with Gasteiger partial charge in [-0.25, -0.2) is 9.79 Å². The van der Waals surface area contributed by atoms with E-state index in [1.165, 1.54) is 11.3 Å². The molecule has 3 heterocycles. The number of fused-ring (bicyclic) bond motifs is 2. The number of para-hydroxylation sites is 1. The van der Waals surface area contributed by atoms with Crippen LogP contribution in [0.4, 0.5) is 11.4 Å². The van der Waals surface area contributed by atoms with Crippen LogP contribution in [0.25, 0.3) is 5.57 Å². The van der Waals surface area contributed by atoms with Gasteiger partial charge in [0, 0.05) is 18.3 Å². The third-order valence-corrected chi connectivity index (χ3v) is 6.69. The molecule has 2 aromatic carbocycles. The quantitative estimate of drug-likeness (QED) is 0.565. The fourth-order valence-electron chi connectivity index (χ4n) is 3.94. The molecule has 0 unspecified atom stereocenters. The van der Waals surface area contributed by atoms with Crippen molar-refractivity contribution in [2.45, 2.75) is 13.6 Å². The Bertz CT molecular complexity index is 1420. The Morgan fingerprint density at radius 3 is 2.62 bits per heavy atom. The molecule has 162 valence electrons. The van der Waals surface area contributed by atoms with Crippen LogP contribution >= 0.6 is 11.3 Å². The lowest BCUT2D eigenvalue weighted by Gasteiger charge is -2.25. The minimum atomic E-state index is -0.369. The van der Waals surface area contributed by atoms with Crippen LogP contribution in [0.3, 0.4) is 0 Å². The highest BCUT2D eigenvalue weighted by Gasteiger charge is 2.32. The summed E-state index contributed by atoms with van der Waals surface area (Å²) in [5.41, 5.74) is 3.07. The molecule has 2 aliphatic rings. The van der Waals surface area contributed by atoms with Gasteiger partial charge >= 0.3 is 5.97 Å². The first-order chi connectivity index (χ1) is 15.5. The molecule has 1 aromatic heterocycles. The maximum absolute atomic E-state index is 13.3. The molecule has 0 N–H and O–H groups in total. The summed E-state index contributed by atoms with van der Waals surface area (Å²) >= 11 is 1.25. The van der Waals surface area contributed by atoms with Crippen molar-refractivity contribution in [2.24, 2.45) is 4.99 Å². The zero-order chi connectivity index (χ0) is 22.4. The highest BCUT2D eigenvalue weighted by molar-refractivity contribution is 7.07. The first-order valence-electron chi connectivity index (χ1n) is 10.2. The number of nitrogens with zero attached hydrogens (tertiary/aromatic N) is 4. The van der Waals surface area contributed by atoms with E-state index in [2.05, 4.69) is 4.99 Å². The average Bonchev–Trinajstić information content (AvgIpc) is 3.27. The highest BCUT2D eigenvalue weighted by Crippen LogP contribution is 2.33. The number of anilines is 2. The Morgan fingerprint density at radius 2 is 1.88 bits per heavy atom. The van der Waals surface area contributed by atoms with Crippen molar-refractivity contribution in [3.05, 3.63) is 79.3 Å². The number of rotatable bonds is 3. The van der Waals surface area contributed by atoms with Crippen molar-refractivity contribution in [2.75, 3.05) is 30.1 Å². The van der Waals surface area contributed by atoms with E-state index in [4.69, 9.17) is 4.74 Å². The van der Waals surface area contributed by atoms with Crippen molar-refractivity contribution in [1.29, 1.82) is 0 Å². The van der Waals surface area contributed by atoms with Crippen LogP contribution in [-0.4, -0.2) is 36.8 Å². The van der Waals surface area contributed by atoms with Gasteiger partial charge in [-0.15, -0.1) is 0 Å². The number of amides is 1. The van der Waals surface area contributed by atoms with Crippen LogP contribution in [0.2, 0.25) is 0 Å². The summed E-state index contributed by atoms with van der Waals surface area (Å²) in [4.78, 5) is 46.7. The molecule has 0 saturated carbocycles. The first-order valence-corrected chi connectivity index (χ1v) is 11.0. The first kappa shape index (κ1) is 20.2. The summed E-state index contributed by atoms with van der Waals surface area (Å²) in [6.07, 6.45) is 0. The number of aromatic nitrogens is 1. The van der Waals surface area contributed by atoms with Crippen molar-refractivity contribution < 1.29 is 14.3 Å². The Kier molecular flexibility index (Phi) is 4.90. The number of carbonyl (C=O) groups excluding carboxylic acids is 2. The van der Waals surface area contributed by atoms with E-state index in [9.17, 15) is 14.4 Å². The number of hydrogen-bond donors (Lipinski definition) is 0. The fraction of sp³-hybridized carbons (Fsp3) is 0.217. The molecule has 2 aliphatic heterocycles. The zero-order valence-electron chi connectivity index (χ0n) is 17.6. The van der Waals surface area contributed by atoms with E-state index in [1.54, 1.807) is 35.6 Å². The van der Waals surface area contributed by atoms with Gasteiger partial charge in [-0.3, -0.25) is 14.2 Å². The number of likely N-dealkylation sites (N-methyl/N-ethyl adjacent to an activating group) is 1. The lowest BCUT2D eigenvalue weighted by atomic mass is 10.1. The molecule has 0 atom stereocenters. The summed E-state index contributed by atoms with van der Waals surface area (Å²) < 4.78 is 7.01. The molecule has 8 nitrogen and oxygen atoms in total. The number of esters is 1. The van der Waals surface area contributed by atoms with Gasteiger partial charge in [-0.2, -0.15) is 0 Å². The predicted molar refractivity (Wildman–Crippen MR) is 121 cm³/mol. The Hall–Kier alpha value is -3.72. The monoisotopic (exact) mass is 448 g/mol. The molecular formula is C23H20N4O4S. The topological polar surface area (TPSA) is 84.2 Å². The standard InChI is InChI=1S/C23H20N4O4S/c1-3-31-22(30)14-8-10-15(11-9-14)26-12-24-23-27(13-26)21(29)19(32-23)18-16-6-4-5-7-17(16)25(2)20(18)28/h4-11H,3,12-13H2,1-2H3/b19-18-. The Morgan fingerprint density at radius 1 is 1.12 bits per heavy atom. The van der Waals surface area contributed by atoms with Crippen molar-refractivity contribution in [3.8, 4) is 0 Å². The van der Waals surface area contributed by atoms with Gasteiger partial charge in [0.1, 0.15) is 17.9 Å². The van der Waals surface area contributed by atoms with E-state index < -0.39 is 0 Å². The molecule has 0 bridgehead atoms. The molecule has 32 heavy (non-hydrogen) atoms. The fourth-order valence-corrected chi connectivity index (χ4v) is 4.99. The van der Waals surface area contributed by atoms with Crippen LogP contribution in [-0.2, 0) is 16.2 Å². The van der Waals surface area contributed by atoms with Gasteiger partial charge in [0.2, 0.25) is 0 Å². The van der Waals surface area contributed by atoms with Crippen molar-refractivity contribution in [1.82, 2.24) is 4.57 Å². The second-order valence-electron chi connectivity index (χ2n) is 7.45. The second-order valence-corrected chi connectivity index (χ2v) is 8.43. The average molecular weight is 449 g/mol. The molecule has 3 aromatic rings. The number of ether oxygens (including phenoxy) is 1. The van der Waals surface area contributed by atoms with E-state index in [-0.39, 0.29) is 17.4 Å². The maximum atomic E-state index is 13.3. The van der Waals surface area contributed by atoms with Gasteiger partial charge < -0.3 is 14.5 Å². The maximum Gasteiger partial charge on any atom is 0.338 e. The van der Waals surface area contributed by atoms with Gasteiger partial charge in [-0.1, -0.05) is 29.5 Å². The Balaban J connectivity index is 1.52. The van der Waals surface area contributed by atoms with Crippen LogP contribution < -0.4 is 24.7 Å². The smallest absolute Gasteiger partial charge is 0.338 e. The molecule has 5 rings (SSSR count). The van der Waals surface area contributed by atoms with Crippen LogP contribution in [0.5, 0.6) is 0 Å². The molecule has 0 aliphatic carbocycles. The normalized spacial score (nSPS) is 16.5. The van der Waals surface area contributed by atoms with E-state index in [0.29, 0.717) is 40.4 Å². The zero-order valence-corrected chi connectivity index (χ0v) is 18.4. The molecule has 0 saturated heterocycles. The second kappa shape index (κ2) is 7.76. The lowest BCUT2D eigenvalue weighted by Crippen LogP contribution is -2.43. The molecule has 1 amide bonds. The summed E-state index contributed by atoms with van der Waals surface area (Å²) in [6, 6.07) is 14.5. The summed E-state index contributed by atoms with van der Waals surface area (Å²) in [7, 11) is 1.71. The summed E-state index contributed by atoms with van der Waals surface area (Å²) in [5, 5.41) is 0. The number of hydrogen-bond acceptors (Lipinski definition) is 7. The predicted octanol–water partition coefficient (Wildman–Crippen LogP) is 1.32. The summed E-state index contributed by atoms with van der Waals surface area (Å²) in [5.74, 6) is -0.555. The largest absolute Gasteiger partial charge is 0.462 e.